The molecule has 0 N–H and O–H groups in total. The number of hydrogen-bond acceptors (Lipinski definition) is 0. The van der Waals surface area contributed by atoms with Crippen molar-refractivity contribution in [1.82, 2.24) is 0 Å². The first-order valence-corrected chi connectivity index (χ1v) is 17.9. The van der Waals surface area contributed by atoms with Crippen molar-refractivity contribution in [2.45, 2.75) is 113 Å². The molecule has 0 aliphatic heterocycles. The molecule has 0 nitrogen and oxygen atoms in total. The van der Waals surface area contributed by atoms with Crippen LogP contribution in [-0.4, -0.2) is 36.5 Å². The van der Waals surface area contributed by atoms with Gasteiger partial charge in [0.1, 0.15) is 0 Å². The maximum atomic E-state index is 9.93. The van der Waals surface area contributed by atoms with E-state index in [0.29, 0.717) is 0 Å². The molecule has 8 heteroatoms. The van der Waals surface area contributed by atoms with Crippen molar-refractivity contribution in [1.29, 1.82) is 0 Å². The molecule has 0 unspecified atom stereocenters. The van der Waals surface area contributed by atoms with Crippen molar-refractivity contribution in [3.8, 4) is 0 Å². The van der Waals surface area contributed by atoms with Crippen molar-refractivity contribution in [3.05, 3.63) is 0 Å². The van der Waals surface area contributed by atoms with Gasteiger partial charge in [-0.2, -0.15) is 0 Å². The fourth-order valence-corrected chi connectivity index (χ4v) is 10.5. The number of halogens is 6. The first-order valence-electron chi connectivity index (χ1n) is 10.3. The van der Waals surface area contributed by atoms with Crippen LogP contribution in [0.3, 0.4) is 0 Å². The Kier molecular flexibility index (Phi) is 7.72. The van der Waals surface area contributed by atoms with Gasteiger partial charge in [0.25, 0.3) is 0 Å². The van der Waals surface area contributed by atoms with E-state index in [1.807, 2.05) is 0 Å². The molecule has 26 heavy (non-hydrogen) atoms. The van der Waals surface area contributed by atoms with Gasteiger partial charge >= 0.3 is 36.4 Å². The van der Waals surface area contributed by atoms with Gasteiger partial charge in [-0.3, -0.25) is 0 Å². The molecule has 0 aromatic heterocycles. The van der Waals surface area contributed by atoms with E-state index in [1.165, 1.54) is 17.0 Å². The van der Waals surface area contributed by atoms with Crippen molar-refractivity contribution in [2.75, 3.05) is 0 Å². The molecule has 0 heterocycles. The molecule has 3 aliphatic carbocycles. The molecule has 0 saturated heterocycles. The van der Waals surface area contributed by atoms with E-state index in [0.717, 1.165) is 0 Å². The van der Waals surface area contributed by atoms with Gasteiger partial charge in [-0.15, -0.1) is 0 Å². The summed E-state index contributed by atoms with van der Waals surface area (Å²) < 4.78 is 59.6. The Hall–Kier alpha value is 0.828. The zero-order valence-corrected chi connectivity index (χ0v) is 19.1. The van der Waals surface area contributed by atoms with Crippen LogP contribution in [0.1, 0.15) is 96.3 Å². The zero-order chi connectivity index (χ0) is 19.3. The van der Waals surface area contributed by atoms with Crippen LogP contribution in [0.15, 0.2) is 0 Å². The first kappa shape index (κ1) is 23.1. The summed E-state index contributed by atoms with van der Waals surface area (Å²) in [5.74, 6) is 0. The molecule has 0 bridgehead atoms. The van der Waals surface area contributed by atoms with E-state index in [1.54, 1.807) is 96.3 Å². The zero-order valence-electron chi connectivity index (χ0n) is 15.6. The molecule has 3 saturated carbocycles. The normalized spacial score (nSPS) is 27.3. The SMILES string of the molecule is C1CCC([PH+](C2CCCCC2)C2CCCCC2)CC1.[F][Sb-]([F])([F])([F])([F])[F]. The molecule has 0 atom stereocenters. The van der Waals surface area contributed by atoms with Crippen LogP contribution < -0.4 is 0 Å². The Bertz CT molecular complexity index is 365. The van der Waals surface area contributed by atoms with Crippen LogP contribution >= 0.6 is 7.92 Å². The van der Waals surface area contributed by atoms with Crippen LogP contribution in [0.25, 0.3) is 0 Å². The molecule has 3 rings (SSSR count). The van der Waals surface area contributed by atoms with E-state index in [9.17, 15) is 16.9 Å². The summed E-state index contributed by atoms with van der Waals surface area (Å²) in [5, 5.41) is 0. The fraction of sp³-hybridized carbons (Fsp3) is 1.00. The third-order valence-electron chi connectivity index (χ3n) is 6.23. The topological polar surface area (TPSA) is 0 Å². The second-order valence-electron chi connectivity index (χ2n) is 8.46. The summed E-state index contributed by atoms with van der Waals surface area (Å²) in [4.78, 5) is 0. The van der Waals surface area contributed by atoms with Crippen LogP contribution in [0.2, 0.25) is 0 Å². The average molecular weight is 517 g/mol. The minimum absolute atomic E-state index is 0.0465. The molecular formula is C18H34F6PSb. The average Bonchev–Trinajstić information content (AvgIpc) is 2.55. The Labute approximate surface area is 157 Å². The standard InChI is InChI=1S/C18H33P.6FH.Sb/c1-4-10-16(11-5-1)19(17-12-6-2-7-13-17)18-14-8-3-9-15-18;;;;;;;/h16-18H,1-15H2;6*1H;/q;;;;;;;+5/p-5. The Morgan fingerprint density at radius 1 is 0.423 bits per heavy atom. The van der Waals surface area contributed by atoms with Gasteiger partial charge in [-0.1, -0.05) is 19.3 Å². The van der Waals surface area contributed by atoms with E-state index in [-0.39, 0.29) is 7.92 Å². The van der Waals surface area contributed by atoms with Gasteiger partial charge in [-0.05, 0) is 77.0 Å². The van der Waals surface area contributed by atoms with Crippen molar-refractivity contribution >= 4 is 27.4 Å². The van der Waals surface area contributed by atoms with E-state index in [4.69, 9.17) is 0 Å². The van der Waals surface area contributed by atoms with Gasteiger partial charge in [0.05, 0.1) is 17.0 Å². The van der Waals surface area contributed by atoms with Crippen LogP contribution in [0.4, 0.5) is 16.9 Å². The third kappa shape index (κ3) is 10.4. The van der Waals surface area contributed by atoms with Crippen molar-refractivity contribution < 1.29 is 16.9 Å². The third-order valence-corrected chi connectivity index (χ3v) is 10.8. The monoisotopic (exact) mass is 516 g/mol. The van der Waals surface area contributed by atoms with E-state index >= 15 is 0 Å². The minimum atomic E-state index is -11.2. The van der Waals surface area contributed by atoms with Gasteiger partial charge in [0.2, 0.25) is 0 Å². The molecule has 0 aromatic carbocycles. The van der Waals surface area contributed by atoms with Crippen LogP contribution in [0, 0.1) is 0 Å². The van der Waals surface area contributed by atoms with Crippen molar-refractivity contribution in [2.24, 2.45) is 0 Å². The summed E-state index contributed by atoms with van der Waals surface area (Å²) in [6.45, 7) is 0. The Morgan fingerprint density at radius 2 is 0.615 bits per heavy atom. The van der Waals surface area contributed by atoms with Gasteiger partial charge in [0.15, 0.2) is 0 Å². The summed E-state index contributed by atoms with van der Waals surface area (Å²) >= 11 is -11.2. The molecule has 3 aliphatic rings. The second-order valence-corrected chi connectivity index (χ2v) is 17.4. The first-order chi connectivity index (χ1) is 11.9. The fourth-order valence-electron chi connectivity index (χ4n) is 5.31. The number of rotatable bonds is 3. The Balaban J connectivity index is 0.000000298. The van der Waals surface area contributed by atoms with Gasteiger partial charge in [-0.25, -0.2) is 0 Å². The van der Waals surface area contributed by atoms with Gasteiger partial charge in [0, 0.05) is 7.92 Å². The molecule has 0 aromatic rings. The molecule has 0 radical (unpaired) electrons. The molecule has 3 fully saturated rings. The predicted molar refractivity (Wildman–Crippen MR) is 101 cm³/mol. The molecule has 0 amide bonds. The van der Waals surface area contributed by atoms with E-state index in [2.05, 4.69) is 0 Å². The van der Waals surface area contributed by atoms with Crippen LogP contribution in [0.5, 0.6) is 0 Å². The second kappa shape index (κ2) is 8.68. The van der Waals surface area contributed by atoms with Crippen LogP contribution in [-0.2, 0) is 0 Å². The predicted octanol–water partition coefficient (Wildman–Crippen LogP) is 8.34. The molecule has 158 valence electrons. The summed E-state index contributed by atoms with van der Waals surface area (Å²) in [6.07, 6.45) is 23.8. The molecule has 0 spiro atoms. The summed E-state index contributed by atoms with van der Waals surface area (Å²) in [6, 6.07) is 0. The maximum absolute atomic E-state index is 11.2. The van der Waals surface area contributed by atoms with Gasteiger partial charge < -0.3 is 0 Å². The molecular weight excluding hydrogens is 483 g/mol. The quantitative estimate of drug-likeness (QED) is 0.201. The summed E-state index contributed by atoms with van der Waals surface area (Å²) in [5.41, 5.74) is 3.68. The number of hydrogen-bond donors (Lipinski definition) is 0. The van der Waals surface area contributed by atoms with Crippen molar-refractivity contribution in [3.63, 3.8) is 0 Å². The Morgan fingerprint density at radius 3 is 0.808 bits per heavy atom. The summed E-state index contributed by atoms with van der Waals surface area (Å²) in [7, 11) is -0.0465. The van der Waals surface area contributed by atoms with E-state index < -0.39 is 19.5 Å².